The van der Waals surface area contributed by atoms with Gasteiger partial charge in [0.1, 0.15) is 5.54 Å². The second-order valence-corrected chi connectivity index (χ2v) is 7.54. The zero-order valence-corrected chi connectivity index (χ0v) is 15.4. The number of rotatable bonds is 4. The monoisotopic (exact) mass is 383 g/mol. The summed E-state index contributed by atoms with van der Waals surface area (Å²) in [6.45, 7) is 1.73. The van der Waals surface area contributed by atoms with Crippen LogP contribution in [0.3, 0.4) is 0 Å². The van der Waals surface area contributed by atoms with Crippen molar-refractivity contribution in [2.75, 3.05) is 11.5 Å². The van der Waals surface area contributed by atoms with E-state index in [-0.39, 0.29) is 5.69 Å². The van der Waals surface area contributed by atoms with Gasteiger partial charge in [-0.15, -0.1) is 5.10 Å². The predicted molar refractivity (Wildman–Crippen MR) is 101 cm³/mol. The summed E-state index contributed by atoms with van der Waals surface area (Å²) in [4.78, 5) is 28.8. The van der Waals surface area contributed by atoms with Gasteiger partial charge in [0, 0.05) is 17.3 Å². The number of nitrogens with zero attached hydrogens (tertiary/aromatic N) is 4. The SMILES string of the molecule is Cc1c(C(=O)NC2(C(=O)O)CCSC2)nnn1-c1cccc2cccnc12. The topological polar surface area (TPSA) is 110 Å². The highest BCUT2D eigenvalue weighted by atomic mass is 32.2. The van der Waals surface area contributed by atoms with E-state index < -0.39 is 17.4 Å². The standard InChI is InChI=1S/C18H17N5O3S/c1-11-14(16(24)20-18(17(25)26)7-9-27-10-18)21-22-23(11)13-6-2-4-12-5-3-8-19-15(12)13/h2-6,8H,7,9-10H2,1H3,(H,20,24)(H,25,26). The first-order valence-electron chi connectivity index (χ1n) is 8.42. The number of pyridine rings is 1. The molecule has 138 valence electrons. The number of benzene rings is 1. The molecule has 2 aromatic heterocycles. The second-order valence-electron chi connectivity index (χ2n) is 6.43. The summed E-state index contributed by atoms with van der Waals surface area (Å²) in [7, 11) is 0. The van der Waals surface area contributed by atoms with Gasteiger partial charge in [-0.3, -0.25) is 9.78 Å². The number of carbonyl (C=O) groups excluding carboxylic acids is 1. The Kier molecular flexibility index (Phi) is 4.31. The molecular formula is C18H17N5O3S. The first-order valence-corrected chi connectivity index (χ1v) is 9.57. The third-order valence-corrected chi connectivity index (χ3v) is 5.92. The molecule has 0 saturated carbocycles. The quantitative estimate of drug-likeness (QED) is 0.707. The van der Waals surface area contributed by atoms with Crippen molar-refractivity contribution in [2.24, 2.45) is 0 Å². The third kappa shape index (κ3) is 2.93. The third-order valence-electron chi connectivity index (χ3n) is 4.73. The molecule has 0 aliphatic carbocycles. The summed E-state index contributed by atoms with van der Waals surface area (Å²) < 4.78 is 1.56. The molecule has 0 spiro atoms. The highest BCUT2D eigenvalue weighted by Crippen LogP contribution is 2.29. The Morgan fingerprint density at radius 2 is 2.11 bits per heavy atom. The lowest BCUT2D eigenvalue weighted by Gasteiger charge is -2.24. The smallest absolute Gasteiger partial charge is 0.330 e. The van der Waals surface area contributed by atoms with E-state index in [1.807, 2.05) is 30.3 Å². The van der Waals surface area contributed by atoms with Crippen molar-refractivity contribution in [3.63, 3.8) is 0 Å². The lowest BCUT2D eigenvalue weighted by atomic mass is 9.99. The fraction of sp³-hybridized carbons (Fsp3) is 0.278. The van der Waals surface area contributed by atoms with Crippen LogP contribution in [0, 0.1) is 6.92 Å². The fourth-order valence-electron chi connectivity index (χ4n) is 3.19. The molecule has 2 N–H and O–H groups in total. The molecule has 1 unspecified atom stereocenters. The molecule has 4 rings (SSSR count). The van der Waals surface area contributed by atoms with E-state index in [0.717, 1.165) is 10.9 Å². The molecule has 3 aromatic rings. The average Bonchev–Trinajstić information content (AvgIpc) is 3.29. The van der Waals surface area contributed by atoms with E-state index in [9.17, 15) is 14.7 Å². The minimum absolute atomic E-state index is 0.112. The van der Waals surface area contributed by atoms with Gasteiger partial charge < -0.3 is 10.4 Å². The Morgan fingerprint density at radius 3 is 2.85 bits per heavy atom. The summed E-state index contributed by atoms with van der Waals surface area (Å²) in [5, 5.41) is 21.3. The lowest BCUT2D eigenvalue weighted by molar-refractivity contribution is -0.143. The number of carboxylic acids is 1. The lowest BCUT2D eigenvalue weighted by Crippen LogP contribution is -2.55. The van der Waals surface area contributed by atoms with Crippen LogP contribution in [0.2, 0.25) is 0 Å². The minimum Gasteiger partial charge on any atom is -0.479 e. The van der Waals surface area contributed by atoms with Crippen LogP contribution in [0.4, 0.5) is 0 Å². The van der Waals surface area contributed by atoms with E-state index in [1.54, 1.807) is 17.8 Å². The molecule has 1 atom stereocenters. The van der Waals surface area contributed by atoms with Crippen molar-refractivity contribution in [2.45, 2.75) is 18.9 Å². The molecule has 1 amide bonds. The van der Waals surface area contributed by atoms with Crippen molar-refractivity contribution in [3.8, 4) is 5.69 Å². The summed E-state index contributed by atoms with van der Waals surface area (Å²) >= 11 is 1.51. The number of thioether (sulfide) groups is 1. The maximum Gasteiger partial charge on any atom is 0.330 e. The van der Waals surface area contributed by atoms with Crippen LogP contribution in [0.1, 0.15) is 22.6 Å². The van der Waals surface area contributed by atoms with Gasteiger partial charge in [0.05, 0.1) is 16.9 Å². The molecule has 27 heavy (non-hydrogen) atoms. The second kappa shape index (κ2) is 6.66. The summed E-state index contributed by atoms with van der Waals surface area (Å²) in [5.74, 6) is -0.518. The summed E-state index contributed by atoms with van der Waals surface area (Å²) in [5.41, 5.74) is 0.840. The molecule has 1 saturated heterocycles. The van der Waals surface area contributed by atoms with Gasteiger partial charge in [0.25, 0.3) is 5.91 Å². The number of hydrogen-bond donors (Lipinski definition) is 2. The van der Waals surface area contributed by atoms with Gasteiger partial charge in [-0.05, 0) is 31.2 Å². The van der Waals surface area contributed by atoms with Crippen LogP contribution in [0.25, 0.3) is 16.6 Å². The maximum atomic E-state index is 12.7. The Labute approximate surface area is 159 Å². The van der Waals surface area contributed by atoms with Crippen LogP contribution in [-0.2, 0) is 4.79 Å². The average molecular weight is 383 g/mol. The van der Waals surface area contributed by atoms with Crippen LogP contribution < -0.4 is 5.32 Å². The Bertz CT molecular complexity index is 1040. The van der Waals surface area contributed by atoms with E-state index in [4.69, 9.17) is 0 Å². The van der Waals surface area contributed by atoms with Crippen LogP contribution in [0.5, 0.6) is 0 Å². The Hall–Kier alpha value is -2.94. The Balaban J connectivity index is 1.70. The number of carboxylic acid groups (broad SMARTS) is 1. The van der Waals surface area contributed by atoms with Gasteiger partial charge in [-0.2, -0.15) is 11.8 Å². The number of fused-ring (bicyclic) bond motifs is 1. The molecule has 9 heteroatoms. The number of carbonyl (C=O) groups is 2. The molecule has 1 aliphatic rings. The van der Waals surface area contributed by atoms with E-state index in [1.165, 1.54) is 11.8 Å². The van der Waals surface area contributed by atoms with E-state index in [2.05, 4.69) is 20.6 Å². The highest BCUT2D eigenvalue weighted by Gasteiger charge is 2.44. The van der Waals surface area contributed by atoms with Gasteiger partial charge in [-0.25, -0.2) is 9.48 Å². The molecule has 8 nitrogen and oxygen atoms in total. The predicted octanol–water partition coefficient (Wildman–Crippen LogP) is 1.81. The van der Waals surface area contributed by atoms with Crippen molar-refractivity contribution < 1.29 is 14.7 Å². The number of aliphatic carboxylic acids is 1. The summed E-state index contributed by atoms with van der Waals surface area (Å²) in [6, 6.07) is 9.48. The zero-order chi connectivity index (χ0) is 19.0. The largest absolute Gasteiger partial charge is 0.479 e. The number of amides is 1. The molecule has 1 aliphatic heterocycles. The molecule has 0 bridgehead atoms. The van der Waals surface area contributed by atoms with Crippen molar-refractivity contribution >= 4 is 34.5 Å². The van der Waals surface area contributed by atoms with E-state index >= 15 is 0 Å². The first kappa shape index (κ1) is 17.5. The molecule has 1 fully saturated rings. The number of hydrogen-bond acceptors (Lipinski definition) is 6. The molecule has 3 heterocycles. The molecule has 0 radical (unpaired) electrons. The first-order chi connectivity index (χ1) is 13.0. The molecular weight excluding hydrogens is 366 g/mol. The highest BCUT2D eigenvalue weighted by molar-refractivity contribution is 7.99. The van der Waals surface area contributed by atoms with Crippen molar-refractivity contribution in [3.05, 3.63) is 47.9 Å². The number of nitrogens with one attached hydrogen (secondary N) is 1. The summed E-state index contributed by atoms with van der Waals surface area (Å²) in [6.07, 6.45) is 2.08. The van der Waals surface area contributed by atoms with Crippen LogP contribution in [0.15, 0.2) is 36.5 Å². The zero-order valence-electron chi connectivity index (χ0n) is 14.5. The van der Waals surface area contributed by atoms with Crippen molar-refractivity contribution in [1.29, 1.82) is 0 Å². The van der Waals surface area contributed by atoms with Gasteiger partial charge in [0.15, 0.2) is 5.69 Å². The van der Waals surface area contributed by atoms with Gasteiger partial charge >= 0.3 is 5.97 Å². The van der Waals surface area contributed by atoms with Gasteiger partial charge in [-0.1, -0.05) is 23.4 Å². The minimum atomic E-state index is -1.25. The number of para-hydroxylation sites is 1. The van der Waals surface area contributed by atoms with Gasteiger partial charge in [0.2, 0.25) is 0 Å². The molecule has 1 aromatic carbocycles. The Morgan fingerprint density at radius 1 is 1.30 bits per heavy atom. The van der Waals surface area contributed by atoms with Crippen LogP contribution in [-0.4, -0.2) is 54.0 Å². The normalized spacial score (nSPS) is 19.3. The maximum absolute atomic E-state index is 12.7. The fourth-order valence-corrected chi connectivity index (χ4v) is 4.51. The van der Waals surface area contributed by atoms with E-state index in [0.29, 0.717) is 29.3 Å². The number of aromatic nitrogens is 4. The van der Waals surface area contributed by atoms with Crippen LogP contribution >= 0.6 is 11.8 Å². The van der Waals surface area contributed by atoms with Crippen molar-refractivity contribution in [1.82, 2.24) is 25.3 Å².